The summed E-state index contributed by atoms with van der Waals surface area (Å²) in [7, 11) is 0. The molecule has 0 spiro atoms. The molecule has 1 aromatic carbocycles. The molecule has 0 saturated carbocycles. The van der Waals surface area contributed by atoms with Crippen molar-refractivity contribution in [2.24, 2.45) is 5.73 Å². The Balaban J connectivity index is 0.000000244. The number of aryl methyl sites for hydroxylation is 1. The molecule has 4 N–H and O–H groups in total. The second-order valence-corrected chi connectivity index (χ2v) is 9.47. The number of nitrogens with one attached hydrogen (secondary N) is 1. The van der Waals surface area contributed by atoms with Crippen LogP contribution < -0.4 is 16.3 Å². The minimum absolute atomic E-state index is 0.00343. The zero-order chi connectivity index (χ0) is 28.4. The lowest BCUT2D eigenvalue weighted by molar-refractivity contribution is 0.0173. The van der Waals surface area contributed by atoms with E-state index in [2.05, 4.69) is 23.8 Å². The summed E-state index contributed by atoms with van der Waals surface area (Å²) in [5.74, 6) is -3.10. The number of carbonyl (C=O) groups is 1. The summed E-state index contributed by atoms with van der Waals surface area (Å²) in [5.41, 5.74) is 12.0. The highest BCUT2D eigenvalue weighted by molar-refractivity contribution is 6.02. The maximum Gasteiger partial charge on any atom is 0.270 e. The molecule has 4 aromatic rings. The average molecular weight is 523 g/mol. The summed E-state index contributed by atoms with van der Waals surface area (Å²) >= 11 is 0. The summed E-state index contributed by atoms with van der Waals surface area (Å²) in [6, 6.07) is 6.30. The number of H-pyrrole nitrogens is 1. The fourth-order valence-corrected chi connectivity index (χ4v) is 4.45. The third kappa shape index (κ3) is 5.35. The maximum atomic E-state index is 13.0. The van der Waals surface area contributed by atoms with Gasteiger partial charge in [0.05, 0.1) is 22.1 Å². The van der Waals surface area contributed by atoms with Gasteiger partial charge < -0.3 is 15.8 Å². The number of hydrogen-bond donors (Lipinski definition) is 3. The van der Waals surface area contributed by atoms with E-state index in [1.54, 1.807) is 6.07 Å². The van der Waals surface area contributed by atoms with Gasteiger partial charge in [-0.05, 0) is 75.4 Å². The molecule has 0 aliphatic rings. The number of allylic oxidation sites excluding steroid dienone is 2. The summed E-state index contributed by atoms with van der Waals surface area (Å²) in [6.45, 7) is 12.8. The second kappa shape index (κ2) is 11.2. The largest absolute Gasteiger partial charge is 0.506 e. The third-order valence-corrected chi connectivity index (χ3v) is 6.73. The number of alkyl halides is 2. The number of primary amides is 1. The van der Waals surface area contributed by atoms with Gasteiger partial charge in [-0.25, -0.2) is 8.78 Å². The van der Waals surface area contributed by atoms with Crippen LogP contribution in [0.3, 0.4) is 0 Å². The number of halogens is 2. The number of aromatic hydroxyl groups is 1. The standard InChI is InChI=1S/C19H23N3O2.C11H13F2N/c1-5-7-12-14(18(20)24)19-21-15-13(23)9-8-11(4)17(15)22(19)16(12)10(3)6-2;1-4-8(2)10-7-9(5-6-14-10)11(3,12)13/h7-9,21,23H,5-6H2,1-4H3,(H2,20,24);4-7H,1-3H3/b12-7+,16-10?;8-4+. The van der Waals surface area contributed by atoms with E-state index >= 15 is 0 Å². The van der Waals surface area contributed by atoms with Crippen LogP contribution in [0.1, 0.15) is 81.6 Å². The molecule has 0 aliphatic heterocycles. The number of hydrogen-bond acceptors (Lipinski definition) is 3. The van der Waals surface area contributed by atoms with E-state index in [-0.39, 0.29) is 11.3 Å². The lowest BCUT2D eigenvalue weighted by Gasteiger charge is -2.11. The van der Waals surface area contributed by atoms with Gasteiger partial charge in [-0.15, -0.1) is 0 Å². The Morgan fingerprint density at radius 1 is 1.24 bits per heavy atom. The zero-order valence-corrected chi connectivity index (χ0v) is 23.0. The second-order valence-electron chi connectivity index (χ2n) is 9.47. The summed E-state index contributed by atoms with van der Waals surface area (Å²) in [5, 5.41) is 12.1. The number of aromatic nitrogens is 3. The highest BCUT2D eigenvalue weighted by Gasteiger charge is 2.24. The first-order valence-corrected chi connectivity index (χ1v) is 12.7. The van der Waals surface area contributed by atoms with Gasteiger partial charge in [0.1, 0.15) is 16.9 Å². The van der Waals surface area contributed by atoms with Gasteiger partial charge in [0, 0.05) is 23.9 Å². The number of amides is 1. The monoisotopic (exact) mass is 522 g/mol. The van der Waals surface area contributed by atoms with Crippen molar-refractivity contribution in [3.8, 4) is 5.75 Å². The van der Waals surface area contributed by atoms with E-state index in [4.69, 9.17) is 5.73 Å². The third-order valence-electron chi connectivity index (χ3n) is 6.73. The van der Waals surface area contributed by atoms with Gasteiger partial charge in [0.2, 0.25) is 0 Å². The van der Waals surface area contributed by atoms with Crippen LogP contribution in [0, 0.1) is 6.92 Å². The quantitative estimate of drug-likeness (QED) is 0.304. The zero-order valence-electron chi connectivity index (χ0n) is 23.0. The van der Waals surface area contributed by atoms with Crippen molar-refractivity contribution >= 4 is 39.8 Å². The molecule has 3 aromatic heterocycles. The van der Waals surface area contributed by atoms with Crippen LogP contribution in [-0.4, -0.2) is 25.4 Å². The maximum absolute atomic E-state index is 13.0. The van der Waals surface area contributed by atoms with Crippen LogP contribution in [0.15, 0.2) is 36.5 Å². The Morgan fingerprint density at radius 2 is 1.92 bits per heavy atom. The van der Waals surface area contributed by atoms with Gasteiger partial charge in [-0.2, -0.15) is 0 Å². The highest BCUT2D eigenvalue weighted by atomic mass is 19.3. The predicted molar refractivity (Wildman–Crippen MR) is 151 cm³/mol. The van der Waals surface area contributed by atoms with E-state index in [0.717, 1.165) is 47.0 Å². The van der Waals surface area contributed by atoms with Crippen LogP contribution in [0.4, 0.5) is 8.78 Å². The van der Waals surface area contributed by atoms with Crippen molar-refractivity contribution in [1.82, 2.24) is 14.4 Å². The van der Waals surface area contributed by atoms with Crippen molar-refractivity contribution in [2.45, 2.75) is 67.2 Å². The molecule has 0 bridgehead atoms. The Labute approximate surface area is 221 Å². The highest BCUT2D eigenvalue weighted by Crippen LogP contribution is 2.29. The van der Waals surface area contributed by atoms with E-state index < -0.39 is 11.8 Å². The molecule has 0 atom stereocenters. The molecule has 0 unspecified atom stereocenters. The van der Waals surface area contributed by atoms with Crippen LogP contribution in [-0.2, 0) is 5.92 Å². The Hall–Kier alpha value is -3.94. The summed E-state index contributed by atoms with van der Waals surface area (Å²) in [4.78, 5) is 19.4. The number of benzene rings is 1. The van der Waals surface area contributed by atoms with E-state index in [0.29, 0.717) is 22.4 Å². The fourth-order valence-electron chi connectivity index (χ4n) is 4.45. The molecule has 1 amide bonds. The Bertz CT molecular complexity index is 1650. The van der Waals surface area contributed by atoms with Crippen molar-refractivity contribution < 1.29 is 18.7 Å². The van der Waals surface area contributed by atoms with Crippen LogP contribution >= 0.6 is 0 Å². The first-order valence-electron chi connectivity index (χ1n) is 12.7. The van der Waals surface area contributed by atoms with Crippen LogP contribution in [0.2, 0.25) is 0 Å². The first-order chi connectivity index (χ1) is 17.9. The van der Waals surface area contributed by atoms with E-state index in [1.165, 1.54) is 23.9 Å². The fraction of sp³-hybridized carbons (Fsp3) is 0.333. The predicted octanol–water partition coefficient (Wildman–Crippen LogP) is 5.92. The number of rotatable bonds is 5. The summed E-state index contributed by atoms with van der Waals surface area (Å²) in [6.07, 6.45) is 6.97. The number of nitrogens with two attached hydrogens (primary N) is 1. The van der Waals surface area contributed by atoms with Gasteiger partial charge in [-0.3, -0.25) is 14.2 Å². The molecule has 0 fully saturated rings. The smallest absolute Gasteiger partial charge is 0.270 e. The number of imidazole rings is 1. The topological polar surface area (TPSA) is 96.4 Å². The van der Waals surface area contributed by atoms with Crippen LogP contribution in [0.5, 0.6) is 5.75 Å². The van der Waals surface area contributed by atoms with E-state index in [1.807, 2.05) is 50.3 Å². The van der Waals surface area contributed by atoms with E-state index in [9.17, 15) is 18.7 Å². The molecular weight excluding hydrogens is 486 g/mol. The Morgan fingerprint density at radius 3 is 2.47 bits per heavy atom. The van der Waals surface area contributed by atoms with Gasteiger partial charge >= 0.3 is 0 Å². The molecule has 8 heteroatoms. The number of fused-ring (bicyclic) bond motifs is 3. The van der Waals surface area contributed by atoms with Gasteiger partial charge in [0.15, 0.2) is 0 Å². The van der Waals surface area contributed by atoms with Crippen molar-refractivity contribution in [1.29, 1.82) is 0 Å². The lowest BCUT2D eigenvalue weighted by Crippen LogP contribution is -2.32. The molecule has 0 radical (unpaired) electrons. The minimum atomic E-state index is -2.80. The Kier molecular flexibility index (Phi) is 8.44. The number of nitrogens with zero attached hydrogens (tertiary/aromatic N) is 2. The number of phenols is 1. The molecule has 0 aliphatic carbocycles. The van der Waals surface area contributed by atoms with Gasteiger partial charge in [-0.1, -0.05) is 32.1 Å². The minimum Gasteiger partial charge on any atom is -0.506 e. The van der Waals surface area contributed by atoms with Gasteiger partial charge in [0.25, 0.3) is 11.8 Å². The lowest BCUT2D eigenvalue weighted by atomic mass is 10.1. The average Bonchev–Trinajstić information content (AvgIpc) is 3.40. The molecular formula is C30H36F2N4O2. The SMILES string of the molecule is C/C=C(\C)c1cc(C(C)(F)F)ccn1.CC/C=c1\c(C(N)=O)c2[nH]c3c(O)ccc(C)c3n2c1=C(C)CC. The van der Waals surface area contributed by atoms with Crippen LogP contribution in [0.25, 0.3) is 33.9 Å². The molecule has 202 valence electrons. The van der Waals surface area contributed by atoms with Crippen molar-refractivity contribution in [3.05, 3.63) is 69.5 Å². The van der Waals surface area contributed by atoms with Crippen molar-refractivity contribution in [2.75, 3.05) is 0 Å². The number of pyridine rings is 1. The van der Waals surface area contributed by atoms with Crippen molar-refractivity contribution in [3.63, 3.8) is 0 Å². The normalized spacial score (nSPS) is 13.6. The summed E-state index contributed by atoms with van der Waals surface area (Å²) < 4.78 is 27.9. The molecule has 4 rings (SSSR count). The number of phenolic OH excluding ortho intramolecular Hbond substituents is 1. The molecule has 0 saturated heterocycles. The molecule has 3 heterocycles. The molecule has 38 heavy (non-hydrogen) atoms. The first kappa shape index (κ1) is 28.6. The number of carbonyl (C=O) groups excluding carboxylic acids is 1. The number of aromatic amines is 1. The molecule has 6 nitrogen and oxygen atoms in total.